The van der Waals surface area contributed by atoms with Crippen LogP contribution >= 0.6 is 27.5 Å². The zero-order valence-electron chi connectivity index (χ0n) is 14.0. The number of rotatable bonds is 4. The lowest BCUT2D eigenvalue weighted by Crippen LogP contribution is -2.52. The Morgan fingerprint density at radius 2 is 1.80 bits per heavy atom. The van der Waals surface area contributed by atoms with Gasteiger partial charge in [-0.15, -0.1) is 0 Å². The van der Waals surface area contributed by atoms with Crippen LogP contribution in [0.2, 0.25) is 5.02 Å². The maximum absolute atomic E-state index is 12.6. The van der Waals surface area contributed by atoms with E-state index in [-0.39, 0.29) is 5.91 Å². The molecular formula is C19H20BrClN2O2. The number of halogens is 2. The molecule has 1 saturated heterocycles. The van der Waals surface area contributed by atoms with Gasteiger partial charge in [0.1, 0.15) is 5.75 Å². The quantitative estimate of drug-likeness (QED) is 0.738. The van der Waals surface area contributed by atoms with E-state index in [1.807, 2.05) is 53.4 Å². The molecule has 1 aliphatic heterocycles. The summed E-state index contributed by atoms with van der Waals surface area (Å²) < 4.78 is 6.75. The third kappa shape index (κ3) is 4.67. The Balaban J connectivity index is 1.54. The summed E-state index contributed by atoms with van der Waals surface area (Å²) in [6.45, 7) is 4.74. The van der Waals surface area contributed by atoms with Gasteiger partial charge in [0.05, 0.1) is 0 Å². The zero-order chi connectivity index (χ0) is 17.8. The van der Waals surface area contributed by atoms with E-state index in [0.29, 0.717) is 18.8 Å². The van der Waals surface area contributed by atoms with Crippen LogP contribution in [0.3, 0.4) is 0 Å². The van der Waals surface area contributed by atoms with Crippen molar-refractivity contribution in [2.24, 2.45) is 0 Å². The molecule has 0 spiro atoms. The van der Waals surface area contributed by atoms with E-state index in [1.54, 1.807) is 6.92 Å². The van der Waals surface area contributed by atoms with Crippen LogP contribution in [0.4, 0.5) is 5.69 Å². The second-order valence-corrected chi connectivity index (χ2v) is 7.36. The molecule has 1 fully saturated rings. The number of carbonyl (C=O) groups is 1. The van der Waals surface area contributed by atoms with E-state index in [0.717, 1.165) is 28.3 Å². The van der Waals surface area contributed by atoms with Crippen LogP contribution in [0.25, 0.3) is 0 Å². The summed E-state index contributed by atoms with van der Waals surface area (Å²) in [7, 11) is 0. The van der Waals surface area contributed by atoms with Crippen LogP contribution in [0.5, 0.6) is 5.75 Å². The highest BCUT2D eigenvalue weighted by Gasteiger charge is 2.26. The van der Waals surface area contributed by atoms with Gasteiger partial charge >= 0.3 is 0 Å². The van der Waals surface area contributed by atoms with E-state index in [9.17, 15) is 4.79 Å². The van der Waals surface area contributed by atoms with Gasteiger partial charge in [0, 0.05) is 41.4 Å². The van der Waals surface area contributed by atoms with Gasteiger partial charge < -0.3 is 14.5 Å². The van der Waals surface area contributed by atoms with Gasteiger partial charge in [0.25, 0.3) is 5.91 Å². The lowest BCUT2D eigenvalue weighted by atomic mass is 10.2. The first-order chi connectivity index (χ1) is 12.0. The molecule has 0 aliphatic carbocycles. The Morgan fingerprint density at radius 1 is 1.12 bits per heavy atom. The molecule has 1 aliphatic rings. The number of piperazine rings is 1. The summed E-state index contributed by atoms with van der Waals surface area (Å²) in [6.07, 6.45) is -0.501. The first kappa shape index (κ1) is 18.1. The molecule has 0 N–H and O–H groups in total. The highest BCUT2D eigenvalue weighted by atomic mass is 79.9. The molecule has 2 aromatic carbocycles. The van der Waals surface area contributed by atoms with Crippen molar-refractivity contribution >= 4 is 39.1 Å². The van der Waals surface area contributed by atoms with E-state index >= 15 is 0 Å². The number of benzene rings is 2. The number of carbonyl (C=O) groups excluding carboxylic acids is 1. The molecular weight excluding hydrogens is 404 g/mol. The Hall–Kier alpha value is -1.72. The fourth-order valence-corrected chi connectivity index (χ4v) is 3.33. The number of amides is 1. The van der Waals surface area contributed by atoms with Gasteiger partial charge in [-0.3, -0.25) is 4.79 Å². The summed E-state index contributed by atoms with van der Waals surface area (Å²) in [5, 5.41) is 0.729. The summed E-state index contributed by atoms with van der Waals surface area (Å²) in [5.74, 6) is 0.718. The molecule has 0 aromatic heterocycles. The molecule has 3 rings (SSSR count). The van der Waals surface area contributed by atoms with Gasteiger partial charge in [0.15, 0.2) is 6.10 Å². The average Bonchev–Trinajstić information content (AvgIpc) is 2.63. The van der Waals surface area contributed by atoms with Crippen molar-refractivity contribution in [3.63, 3.8) is 0 Å². The maximum Gasteiger partial charge on any atom is 0.263 e. The summed E-state index contributed by atoms with van der Waals surface area (Å²) in [5.41, 5.74) is 1.10. The molecule has 1 amide bonds. The van der Waals surface area contributed by atoms with Crippen LogP contribution in [0, 0.1) is 0 Å². The summed E-state index contributed by atoms with van der Waals surface area (Å²) >= 11 is 9.45. The largest absolute Gasteiger partial charge is 0.481 e. The molecule has 4 nitrogen and oxygen atoms in total. The van der Waals surface area contributed by atoms with Gasteiger partial charge in [-0.25, -0.2) is 0 Å². The molecule has 1 unspecified atom stereocenters. The number of nitrogens with zero attached hydrogens (tertiary/aromatic N) is 2. The van der Waals surface area contributed by atoms with Gasteiger partial charge in [0.2, 0.25) is 0 Å². The fourth-order valence-electron chi connectivity index (χ4n) is 2.88. The Labute approximate surface area is 161 Å². The molecule has 1 heterocycles. The third-order valence-electron chi connectivity index (χ3n) is 4.24. The SMILES string of the molecule is CC(Oc1ccc(Br)cc1)C(=O)N1CCN(c2cccc(Cl)c2)CC1. The molecule has 1 atom stereocenters. The highest BCUT2D eigenvalue weighted by Crippen LogP contribution is 2.22. The Morgan fingerprint density at radius 3 is 2.44 bits per heavy atom. The lowest BCUT2D eigenvalue weighted by Gasteiger charge is -2.37. The highest BCUT2D eigenvalue weighted by molar-refractivity contribution is 9.10. The van der Waals surface area contributed by atoms with E-state index in [1.165, 1.54) is 0 Å². The molecule has 2 aromatic rings. The minimum atomic E-state index is -0.501. The monoisotopic (exact) mass is 422 g/mol. The lowest BCUT2D eigenvalue weighted by molar-refractivity contribution is -0.138. The first-order valence-corrected chi connectivity index (χ1v) is 9.41. The molecule has 0 saturated carbocycles. The smallest absolute Gasteiger partial charge is 0.263 e. The standard InChI is InChI=1S/C19H20BrClN2O2/c1-14(25-18-7-5-15(20)6-8-18)19(24)23-11-9-22(10-12-23)17-4-2-3-16(21)13-17/h2-8,13-14H,9-12H2,1H3. The maximum atomic E-state index is 12.6. The van der Waals surface area contributed by atoms with E-state index in [4.69, 9.17) is 16.3 Å². The first-order valence-electron chi connectivity index (χ1n) is 8.24. The predicted octanol–water partition coefficient (Wildman–Crippen LogP) is 4.22. The number of ether oxygens (including phenoxy) is 1. The normalized spacial score (nSPS) is 15.8. The van der Waals surface area contributed by atoms with Crippen LogP contribution in [-0.2, 0) is 4.79 Å². The number of hydrogen-bond donors (Lipinski definition) is 0. The molecule has 25 heavy (non-hydrogen) atoms. The Bertz CT molecular complexity index is 730. The van der Waals surface area contributed by atoms with Gasteiger partial charge in [-0.05, 0) is 49.4 Å². The van der Waals surface area contributed by atoms with Crippen molar-refractivity contribution < 1.29 is 9.53 Å². The topological polar surface area (TPSA) is 32.8 Å². The third-order valence-corrected chi connectivity index (χ3v) is 5.00. The second-order valence-electron chi connectivity index (χ2n) is 6.01. The van der Waals surface area contributed by atoms with Crippen molar-refractivity contribution in [2.45, 2.75) is 13.0 Å². The van der Waals surface area contributed by atoms with E-state index in [2.05, 4.69) is 20.8 Å². The van der Waals surface area contributed by atoms with Gasteiger partial charge in [-0.2, -0.15) is 0 Å². The van der Waals surface area contributed by atoms with Gasteiger partial charge in [-0.1, -0.05) is 33.6 Å². The van der Waals surface area contributed by atoms with Crippen molar-refractivity contribution in [2.75, 3.05) is 31.1 Å². The predicted molar refractivity (Wildman–Crippen MR) is 104 cm³/mol. The average molecular weight is 424 g/mol. The van der Waals surface area contributed by atoms with Crippen LogP contribution in [-0.4, -0.2) is 43.1 Å². The zero-order valence-corrected chi connectivity index (χ0v) is 16.3. The summed E-state index contributed by atoms with van der Waals surface area (Å²) in [4.78, 5) is 16.7. The molecule has 6 heteroatoms. The minimum absolute atomic E-state index is 0.0219. The molecule has 0 bridgehead atoms. The summed E-state index contributed by atoms with van der Waals surface area (Å²) in [6, 6.07) is 15.3. The van der Waals surface area contributed by atoms with Crippen molar-refractivity contribution in [3.8, 4) is 5.75 Å². The van der Waals surface area contributed by atoms with Crippen LogP contribution < -0.4 is 9.64 Å². The second kappa shape index (κ2) is 8.11. The minimum Gasteiger partial charge on any atom is -0.481 e. The molecule has 132 valence electrons. The fraction of sp³-hybridized carbons (Fsp3) is 0.316. The Kier molecular flexibility index (Phi) is 5.86. The number of hydrogen-bond acceptors (Lipinski definition) is 3. The molecule has 0 radical (unpaired) electrons. The van der Waals surface area contributed by atoms with Crippen molar-refractivity contribution in [1.29, 1.82) is 0 Å². The van der Waals surface area contributed by atoms with Crippen LogP contribution in [0.15, 0.2) is 53.0 Å². The number of anilines is 1. The van der Waals surface area contributed by atoms with Crippen molar-refractivity contribution in [1.82, 2.24) is 4.90 Å². The van der Waals surface area contributed by atoms with Crippen molar-refractivity contribution in [3.05, 3.63) is 58.0 Å². The van der Waals surface area contributed by atoms with Crippen LogP contribution in [0.1, 0.15) is 6.92 Å². The van der Waals surface area contributed by atoms with E-state index < -0.39 is 6.10 Å².